The Hall–Kier alpha value is -1.23. The van der Waals surface area contributed by atoms with E-state index in [2.05, 4.69) is 22.8 Å². The van der Waals surface area contributed by atoms with Crippen molar-refractivity contribution in [3.05, 3.63) is 23.8 Å². The molecule has 0 saturated heterocycles. The Morgan fingerprint density at radius 1 is 1.19 bits per heavy atom. The third-order valence-electron chi connectivity index (χ3n) is 5.90. The fraction of sp³-hybridized carbons (Fsp3) is 0.682. The van der Waals surface area contributed by atoms with Gasteiger partial charge in [-0.1, -0.05) is 18.9 Å². The van der Waals surface area contributed by atoms with Crippen LogP contribution in [0.15, 0.2) is 23.2 Å². The molecule has 0 bridgehead atoms. The van der Waals surface area contributed by atoms with Crippen LogP contribution in [0.3, 0.4) is 0 Å². The highest BCUT2D eigenvalue weighted by atomic mass is 127. The van der Waals surface area contributed by atoms with Crippen molar-refractivity contribution in [3.8, 4) is 11.5 Å². The van der Waals surface area contributed by atoms with Crippen LogP contribution >= 0.6 is 24.0 Å². The molecule has 0 amide bonds. The van der Waals surface area contributed by atoms with E-state index in [4.69, 9.17) is 14.5 Å². The predicted molar refractivity (Wildman–Crippen MR) is 136 cm³/mol. The van der Waals surface area contributed by atoms with Crippen LogP contribution in [0, 0.1) is 0 Å². The fourth-order valence-corrected chi connectivity index (χ4v) is 4.99. The number of rotatable bonds is 8. The molecule has 1 saturated carbocycles. The quantitative estimate of drug-likeness (QED) is 0.286. The normalized spacial score (nSPS) is 18.7. The molecule has 2 aliphatic rings. The minimum Gasteiger partial charge on any atom is -0.486 e. The number of hydrogen-bond acceptors (Lipinski definition) is 5. The summed E-state index contributed by atoms with van der Waals surface area (Å²) in [5.41, 5.74) is 1.25. The van der Waals surface area contributed by atoms with Gasteiger partial charge in [0.05, 0.1) is 12.3 Å². The highest BCUT2D eigenvalue weighted by Gasteiger charge is 2.36. The predicted octanol–water partition coefficient (Wildman–Crippen LogP) is 3.27. The van der Waals surface area contributed by atoms with Gasteiger partial charge in [-0.2, -0.15) is 0 Å². The summed E-state index contributed by atoms with van der Waals surface area (Å²) in [7, 11) is -2.97. The second-order valence-electron chi connectivity index (χ2n) is 8.50. The average molecular weight is 566 g/mol. The number of sulfone groups is 1. The monoisotopic (exact) mass is 565 g/mol. The summed E-state index contributed by atoms with van der Waals surface area (Å²) < 4.78 is 34.4. The summed E-state index contributed by atoms with van der Waals surface area (Å²) in [6.45, 7) is 6.63. The van der Waals surface area contributed by atoms with Gasteiger partial charge < -0.3 is 20.1 Å². The zero-order chi connectivity index (χ0) is 21.6. The van der Waals surface area contributed by atoms with Crippen LogP contribution < -0.4 is 20.1 Å². The van der Waals surface area contributed by atoms with Crippen molar-refractivity contribution < 1.29 is 17.9 Å². The van der Waals surface area contributed by atoms with Gasteiger partial charge in [-0.25, -0.2) is 8.42 Å². The summed E-state index contributed by atoms with van der Waals surface area (Å²) in [5.74, 6) is 2.55. The van der Waals surface area contributed by atoms with Crippen LogP contribution in [0.4, 0.5) is 0 Å². The molecule has 1 fully saturated rings. The lowest BCUT2D eigenvalue weighted by Crippen LogP contribution is -2.43. The van der Waals surface area contributed by atoms with Gasteiger partial charge in [-0.05, 0) is 50.8 Å². The van der Waals surface area contributed by atoms with Gasteiger partial charge in [-0.15, -0.1) is 24.0 Å². The number of guanidine groups is 1. The van der Waals surface area contributed by atoms with Crippen LogP contribution in [0.5, 0.6) is 11.5 Å². The van der Waals surface area contributed by atoms with E-state index in [9.17, 15) is 8.42 Å². The van der Waals surface area contributed by atoms with Crippen molar-refractivity contribution in [2.24, 2.45) is 4.99 Å². The topological polar surface area (TPSA) is 89.0 Å². The molecule has 7 nitrogen and oxygen atoms in total. The number of benzene rings is 1. The Morgan fingerprint density at radius 3 is 2.52 bits per heavy atom. The first-order chi connectivity index (χ1) is 14.3. The van der Waals surface area contributed by atoms with E-state index in [1.807, 2.05) is 19.9 Å². The van der Waals surface area contributed by atoms with Crippen molar-refractivity contribution in [1.82, 2.24) is 10.6 Å². The molecule has 1 aromatic carbocycles. The van der Waals surface area contributed by atoms with Gasteiger partial charge in [0.15, 0.2) is 17.5 Å². The smallest absolute Gasteiger partial charge is 0.191 e. The van der Waals surface area contributed by atoms with E-state index < -0.39 is 9.84 Å². The van der Waals surface area contributed by atoms with E-state index in [1.54, 1.807) is 0 Å². The number of halogens is 1. The Labute approximate surface area is 203 Å². The Balaban J connectivity index is 0.00000341. The van der Waals surface area contributed by atoms with Gasteiger partial charge >= 0.3 is 0 Å². The van der Waals surface area contributed by atoms with Crippen LogP contribution in [-0.2, 0) is 15.3 Å². The van der Waals surface area contributed by atoms with E-state index >= 15 is 0 Å². The summed E-state index contributed by atoms with van der Waals surface area (Å²) >= 11 is 0. The summed E-state index contributed by atoms with van der Waals surface area (Å²) in [4.78, 5) is 4.91. The van der Waals surface area contributed by atoms with Crippen LogP contribution in [0.25, 0.3) is 0 Å². The molecular formula is C22H36IN3O4S. The molecule has 1 unspecified atom stereocenters. The standard InChI is InChI=1S/C22H35N3O4S.HI/c1-4-23-21(25-17(2)9-14-30(3,26)27)24-16-22(10-5-6-11-22)18-7-8-19-20(15-18)29-13-12-28-19;/h7-8,15,17H,4-6,9-14,16H2,1-3H3,(H2,23,24,25);1H. The summed E-state index contributed by atoms with van der Waals surface area (Å²) in [6.07, 6.45) is 6.41. The van der Waals surface area contributed by atoms with Crippen molar-refractivity contribution in [2.45, 2.75) is 57.4 Å². The average Bonchev–Trinajstić information content (AvgIpc) is 3.20. The minimum absolute atomic E-state index is 0. The van der Waals surface area contributed by atoms with Gasteiger partial charge in [0.2, 0.25) is 0 Å². The number of nitrogens with zero attached hydrogens (tertiary/aromatic N) is 1. The van der Waals surface area contributed by atoms with Crippen molar-refractivity contribution in [2.75, 3.05) is 38.3 Å². The molecule has 0 aromatic heterocycles. The molecular weight excluding hydrogens is 529 g/mol. The molecule has 1 aliphatic carbocycles. The fourth-order valence-electron chi connectivity index (χ4n) is 4.21. The maximum absolute atomic E-state index is 11.5. The van der Waals surface area contributed by atoms with E-state index in [1.165, 1.54) is 24.7 Å². The highest BCUT2D eigenvalue weighted by molar-refractivity contribution is 14.0. The molecule has 1 aromatic rings. The van der Waals surface area contributed by atoms with Gasteiger partial charge in [0.25, 0.3) is 0 Å². The summed E-state index contributed by atoms with van der Waals surface area (Å²) in [5, 5.41) is 6.66. The van der Waals surface area contributed by atoms with Gasteiger partial charge in [0, 0.05) is 24.3 Å². The zero-order valence-corrected chi connectivity index (χ0v) is 21.9. The lowest BCUT2D eigenvalue weighted by Gasteiger charge is -2.30. The molecule has 0 spiro atoms. The lowest BCUT2D eigenvalue weighted by molar-refractivity contribution is 0.171. The van der Waals surface area contributed by atoms with E-state index in [-0.39, 0.29) is 41.2 Å². The molecule has 2 N–H and O–H groups in total. The lowest BCUT2D eigenvalue weighted by atomic mass is 9.79. The van der Waals surface area contributed by atoms with Gasteiger partial charge in [-0.3, -0.25) is 4.99 Å². The molecule has 3 rings (SSSR count). The Kier molecular flexibility index (Phi) is 9.72. The third-order valence-corrected chi connectivity index (χ3v) is 6.88. The zero-order valence-electron chi connectivity index (χ0n) is 18.8. The summed E-state index contributed by atoms with van der Waals surface area (Å²) in [6, 6.07) is 6.32. The van der Waals surface area contributed by atoms with E-state index in [0.717, 1.165) is 36.8 Å². The molecule has 176 valence electrons. The van der Waals surface area contributed by atoms with Crippen molar-refractivity contribution in [3.63, 3.8) is 0 Å². The largest absolute Gasteiger partial charge is 0.486 e. The minimum atomic E-state index is -2.97. The molecule has 31 heavy (non-hydrogen) atoms. The highest BCUT2D eigenvalue weighted by Crippen LogP contribution is 2.44. The molecule has 0 radical (unpaired) electrons. The SMILES string of the molecule is CCNC(=NCC1(c2ccc3c(c2)OCCO3)CCCC1)NC(C)CCS(C)(=O)=O.I. The molecule has 1 atom stereocenters. The number of hydrogen-bond donors (Lipinski definition) is 2. The maximum Gasteiger partial charge on any atom is 0.191 e. The second-order valence-corrected chi connectivity index (χ2v) is 10.8. The Bertz CT molecular complexity index is 854. The molecule has 1 heterocycles. The number of nitrogens with one attached hydrogen (secondary N) is 2. The first-order valence-electron chi connectivity index (χ1n) is 10.9. The second kappa shape index (κ2) is 11.6. The first-order valence-corrected chi connectivity index (χ1v) is 13.0. The molecule has 9 heteroatoms. The third kappa shape index (κ3) is 7.40. The first kappa shape index (κ1) is 26.0. The van der Waals surface area contributed by atoms with Crippen LogP contribution in [0.1, 0.15) is 51.5 Å². The van der Waals surface area contributed by atoms with Crippen LogP contribution in [-0.4, -0.2) is 58.7 Å². The van der Waals surface area contributed by atoms with Crippen molar-refractivity contribution >= 4 is 39.8 Å². The van der Waals surface area contributed by atoms with Crippen LogP contribution in [0.2, 0.25) is 0 Å². The number of fused-ring (bicyclic) bond motifs is 1. The van der Waals surface area contributed by atoms with Crippen molar-refractivity contribution in [1.29, 1.82) is 0 Å². The number of ether oxygens (including phenoxy) is 2. The maximum atomic E-state index is 11.5. The Morgan fingerprint density at radius 2 is 1.87 bits per heavy atom. The van der Waals surface area contributed by atoms with Gasteiger partial charge in [0.1, 0.15) is 23.1 Å². The van der Waals surface area contributed by atoms with E-state index in [0.29, 0.717) is 26.2 Å². The molecule has 1 aliphatic heterocycles. The number of aliphatic imine (C=N–C) groups is 1.